The van der Waals surface area contributed by atoms with Gasteiger partial charge in [-0.3, -0.25) is 14.6 Å². The molecule has 0 bridgehead atoms. The molecule has 1 aromatic heterocycles. The van der Waals surface area contributed by atoms with E-state index in [1.54, 1.807) is 0 Å². The highest BCUT2D eigenvalue weighted by Crippen LogP contribution is 2.23. The van der Waals surface area contributed by atoms with Gasteiger partial charge in [-0.15, -0.1) is 5.10 Å². The van der Waals surface area contributed by atoms with E-state index in [0.29, 0.717) is 17.4 Å². The highest BCUT2D eigenvalue weighted by molar-refractivity contribution is 5.76. The van der Waals surface area contributed by atoms with Gasteiger partial charge < -0.3 is 0 Å². The van der Waals surface area contributed by atoms with Crippen LogP contribution in [0.25, 0.3) is 10.9 Å². The maximum Gasteiger partial charge on any atom is 0.277 e. The number of hydrogen-bond donors (Lipinski definition) is 0. The predicted molar refractivity (Wildman–Crippen MR) is 98.7 cm³/mol. The lowest BCUT2D eigenvalue weighted by Crippen LogP contribution is -2.51. The largest absolute Gasteiger partial charge is 0.299 e. The Kier molecular flexibility index (Phi) is 5.08. The number of aromatic nitrogens is 3. The van der Waals surface area contributed by atoms with Gasteiger partial charge in [0.15, 0.2) is 0 Å². The molecule has 6 heteroatoms. The van der Waals surface area contributed by atoms with Gasteiger partial charge in [-0.1, -0.05) is 36.6 Å². The van der Waals surface area contributed by atoms with Crippen LogP contribution in [-0.2, 0) is 6.54 Å². The minimum absolute atomic E-state index is 0.0357. The number of piperazine rings is 1. The van der Waals surface area contributed by atoms with E-state index in [1.807, 2.05) is 24.3 Å². The zero-order chi connectivity index (χ0) is 17.1. The average molecular weight is 341 g/mol. The van der Waals surface area contributed by atoms with Gasteiger partial charge in [-0.2, -0.15) is 0 Å². The molecule has 2 heterocycles. The van der Waals surface area contributed by atoms with Crippen LogP contribution in [0.15, 0.2) is 29.1 Å². The van der Waals surface area contributed by atoms with Gasteiger partial charge in [0, 0.05) is 38.8 Å². The summed E-state index contributed by atoms with van der Waals surface area (Å²) in [5.74, 6) is 0. The van der Waals surface area contributed by atoms with Crippen LogP contribution in [0.4, 0.5) is 0 Å². The van der Waals surface area contributed by atoms with Crippen LogP contribution in [-0.4, -0.2) is 63.6 Å². The minimum Gasteiger partial charge on any atom is -0.299 e. The third-order valence-electron chi connectivity index (χ3n) is 5.76. The molecule has 2 fully saturated rings. The van der Waals surface area contributed by atoms with E-state index >= 15 is 0 Å². The van der Waals surface area contributed by atoms with Crippen LogP contribution < -0.4 is 5.56 Å². The van der Waals surface area contributed by atoms with E-state index in [4.69, 9.17) is 0 Å². The molecule has 134 valence electrons. The first-order valence-electron chi connectivity index (χ1n) is 9.60. The maximum absolute atomic E-state index is 12.5. The molecule has 0 spiro atoms. The fourth-order valence-corrected chi connectivity index (χ4v) is 4.20. The average Bonchev–Trinajstić information content (AvgIpc) is 2.69. The Hall–Kier alpha value is -1.79. The van der Waals surface area contributed by atoms with Crippen LogP contribution in [0.1, 0.15) is 32.1 Å². The lowest BCUT2D eigenvalue weighted by molar-refractivity contribution is 0.0765. The highest BCUT2D eigenvalue weighted by Gasteiger charge is 2.24. The van der Waals surface area contributed by atoms with Crippen molar-refractivity contribution in [2.75, 3.05) is 32.7 Å². The van der Waals surface area contributed by atoms with Crippen molar-refractivity contribution in [3.63, 3.8) is 0 Å². The minimum atomic E-state index is -0.0357. The van der Waals surface area contributed by atoms with Crippen LogP contribution in [0.3, 0.4) is 0 Å². The number of fused-ring (bicyclic) bond motifs is 1. The van der Waals surface area contributed by atoms with Gasteiger partial charge in [0.05, 0.1) is 11.9 Å². The molecule has 2 aromatic rings. The van der Waals surface area contributed by atoms with Crippen LogP contribution in [0.2, 0.25) is 0 Å². The number of nitrogens with zero attached hydrogens (tertiary/aromatic N) is 5. The van der Waals surface area contributed by atoms with E-state index in [-0.39, 0.29) is 5.56 Å². The molecule has 0 N–H and O–H groups in total. The van der Waals surface area contributed by atoms with E-state index in [2.05, 4.69) is 20.1 Å². The molecule has 6 nitrogen and oxygen atoms in total. The summed E-state index contributed by atoms with van der Waals surface area (Å²) >= 11 is 0. The summed E-state index contributed by atoms with van der Waals surface area (Å²) in [4.78, 5) is 17.6. The molecule has 1 aromatic carbocycles. The van der Waals surface area contributed by atoms with Crippen molar-refractivity contribution in [2.45, 2.75) is 44.7 Å². The Balaban J connectivity index is 1.32. The fourth-order valence-electron chi connectivity index (χ4n) is 4.20. The highest BCUT2D eigenvalue weighted by atomic mass is 16.1. The third kappa shape index (κ3) is 3.75. The molecular weight excluding hydrogens is 314 g/mol. The Morgan fingerprint density at radius 2 is 1.72 bits per heavy atom. The number of rotatable bonds is 4. The monoisotopic (exact) mass is 341 g/mol. The second kappa shape index (κ2) is 7.62. The normalized spacial score (nSPS) is 21.0. The zero-order valence-electron chi connectivity index (χ0n) is 14.8. The lowest BCUT2D eigenvalue weighted by atomic mass is 9.94. The van der Waals surface area contributed by atoms with Gasteiger partial charge in [0.25, 0.3) is 5.56 Å². The predicted octanol–water partition coefficient (Wildman–Crippen LogP) is 1.74. The molecular formula is C19H27N5O. The molecule has 1 aliphatic heterocycles. The number of hydrogen-bond acceptors (Lipinski definition) is 5. The Morgan fingerprint density at radius 1 is 0.960 bits per heavy atom. The standard InChI is InChI=1S/C19H27N5O/c25-19-17-8-4-5-9-18(17)20-21-24(19)15-12-22-10-13-23(14-11-22)16-6-2-1-3-7-16/h4-5,8-9,16H,1-3,6-7,10-15H2. The van der Waals surface area contributed by atoms with Crippen molar-refractivity contribution < 1.29 is 0 Å². The molecule has 0 atom stereocenters. The molecule has 4 rings (SSSR count). The topological polar surface area (TPSA) is 54.3 Å². The third-order valence-corrected chi connectivity index (χ3v) is 5.76. The second-order valence-corrected chi connectivity index (χ2v) is 7.30. The van der Waals surface area contributed by atoms with Crippen molar-refractivity contribution in [2.24, 2.45) is 0 Å². The van der Waals surface area contributed by atoms with Crippen LogP contribution in [0.5, 0.6) is 0 Å². The van der Waals surface area contributed by atoms with Crippen molar-refractivity contribution >= 4 is 10.9 Å². The molecule has 1 saturated carbocycles. The van der Waals surface area contributed by atoms with E-state index < -0.39 is 0 Å². The zero-order valence-corrected chi connectivity index (χ0v) is 14.8. The molecule has 1 aliphatic carbocycles. The van der Waals surface area contributed by atoms with Crippen molar-refractivity contribution in [3.05, 3.63) is 34.6 Å². The Labute approximate surface area is 148 Å². The van der Waals surface area contributed by atoms with E-state index in [9.17, 15) is 4.79 Å². The van der Waals surface area contributed by atoms with Gasteiger partial charge in [0.1, 0.15) is 5.52 Å². The van der Waals surface area contributed by atoms with Gasteiger partial charge in [-0.05, 0) is 25.0 Å². The van der Waals surface area contributed by atoms with Gasteiger partial charge >= 0.3 is 0 Å². The first-order chi connectivity index (χ1) is 12.3. The van der Waals surface area contributed by atoms with Crippen molar-refractivity contribution in [1.82, 2.24) is 24.8 Å². The van der Waals surface area contributed by atoms with Crippen molar-refractivity contribution in [3.8, 4) is 0 Å². The summed E-state index contributed by atoms with van der Waals surface area (Å²) in [5.41, 5.74) is 0.635. The maximum atomic E-state index is 12.5. The summed E-state index contributed by atoms with van der Waals surface area (Å²) in [7, 11) is 0. The smallest absolute Gasteiger partial charge is 0.277 e. The quantitative estimate of drug-likeness (QED) is 0.848. The van der Waals surface area contributed by atoms with E-state index in [1.165, 1.54) is 36.8 Å². The van der Waals surface area contributed by atoms with Crippen LogP contribution in [0, 0.1) is 0 Å². The fraction of sp³-hybridized carbons (Fsp3) is 0.632. The summed E-state index contributed by atoms with van der Waals surface area (Å²) < 4.78 is 1.51. The molecule has 0 unspecified atom stereocenters. The Bertz CT molecular complexity index is 760. The molecule has 25 heavy (non-hydrogen) atoms. The number of benzene rings is 1. The van der Waals surface area contributed by atoms with Crippen LogP contribution >= 0.6 is 0 Å². The Morgan fingerprint density at radius 3 is 2.52 bits per heavy atom. The molecule has 2 aliphatic rings. The first kappa shape index (κ1) is 16.7. The van der Waals surface area contributed by atoms with Gasteiger partial charge in [-0.25, -0.2) is 4.68 Å². The molecule has 1 saturated heterocycles. The SMILES string of the molecule is O=c1c2ccccc2nnn1CCN1CCN(C2CCCCC2)CC1. The molecule has 0 amide bonds. The summed E-state index contributed by atoms with van der Waals surface area (Å²) in [6.45, 7) is 5.97. The van der Waals surface area contributed by atoms with Crippen molar-refractivity contribution in [1.29, 1.82) is 0 Å². The summed E-state index contributed by atoms with van der Waals surface area (Å²) in [6, 6.07) is 8.22. The lowest BCUT2D eigenvalue weighted by Gasteiger charge is -2.40. The van der Waals surface area contributed by atoms with Gasteiger partial charge in [0.2, 0.25) is 0 Å². The summed E-state index contributed by atoms with van der Waals surface area (Å²) in [6.07, 6.45) is 6.96. The second-order valence-electron chi connectivity index (χ2n) is 7.30. The first-order valence-corrected chi connectivity index (χ1v) is 9.60. The molecule has 0 radical (unpaired) electrons. The van der Waals surface area contributed by atoms with E-state index in [0.717, 1.165) is 38.8 Å². The summed E-state index contributed by atoms with van der Waals surface area (Å²) in [5, 5.41) is 8.91.